The number of carbonyl (C=O) groups is 1. The summed E-state index contributed by atoms with van der Waals surface area (Å²) in [6.07, 6.45) is 9.82. The minimum Gasteiger partial charge on any atom is -0.348 e. The zero-order chi connectivity index (χ0) is 17.9. The maximum Gasteiger partial charge on any atom is 0.242 e. The molecule has 7 heteroatoms. The van der Waals surface area contributed by atoms with Crippen molar-refractivity contribution >= 4 is 5.91 Å². The van der Waals surface area contributed by atoms with Crippen LogP contribution in [0.1, 0.15) is 35.8 Å². The standard InChI is InChI=1S/C19H20N6O/c1-13-7-9-22-25(13)12-18(26)23-16-5-2-6-17-15(16)11-21-19(24-17)14-4-3-8-20-10-14/h3-4,7-11,16H,2,5-6,12H2,1H3,(H,23,26). The molecule has 1 N–H and O–H groups in total. The van der Waals surface area contributed by atoms with Crippen LogP contribution in [0.15, 0.2) is 43.0 Å². The molecule has 1 atom stereocenters. The van der Waals surface area contributed by atoms with E-state index in [2.05, 4.69) is 20.4 Å². The van der Waals surface area contributed by atoms with Crippen LogP contribution in [0.3, 0.4) is 0 Å². The quantitative estimate of drug-likeness (QED) is 0.781. The third-order valence-electron chi connectivity index (χ3n) is 4.66. The molecular weight excluding hydrogens is 328 g/mol. The van der Waals surface area contributed by atoms with Crippen LogP contribution in [0.2, 0.25) is 0 Å². The van der Waals surface area contributed by atoms with Gasteiger partial charge in [-0.15, -0.1) is 0 Å². The number of aryl methyl sites for hydroxylation is 2. The maximum absolute atomic E-state index is 12.4. The van der Waals surface area contributed by atoms with E-state index in [4.69, 9.17) is 4.98 Å². The Kier molecular flexibility index (Phi) is 4.43. The predicted molar refractivity (Wildman–Crippen MR) is 96.0 cm³/mol. The number of rotatable bonds is 4. The van der Waals surface area contributed by atoms with Gasteiger partial charge in [0.2, 0.25) is 5.91 Å². The van der Waals surface area contributed by atoms with Gasteiger partial charge in [-0.1, -0.05) is 0 Å². The molecule has 7 nitrogen and oxygen atoms in total. The molecule has 1 aliphatic carbocycles. The van der Waals surface area contributed by atoms with Crippen molar-refractivity contribution < 1.29 is 4.79 Å². The van der Waals surface area contributed by atoms with Crippen LogP contribution in [-0.2, 0) is 17.8 Å². The van der Waals surface area contributed by atoms with Crippen molar-refractivity contribution in [2.45, 2.75) is 38.8 Å². The number of amides is 1. The largest absolute Gasteiger partial charge is 0.348 e. The number of fused-ring (bicyclic) bond motifs is 1. The van der Waals surface area contributed by atoms with Gasteiger partial charge in [-0.05, 0) is 44.4 Å². The topological polar surface area (TPSA) is 85.6 Å². The summed E-state index contributed by atoms with van der Waals surface area (Å²) < 4.78 is 1.70. The van der Waals surface area contributed by atoms with Gasteiger partial charge in [0, 0.05) is 47.3 Å². The summed E-state index contributed by atoms with van der Waals surface area (Å²) in [5.41, 5.74) is 3.88. The van der Waals surface area contributed by atoms with E-state index < -0.39 is 0 Å². The lowest BCUT2D eigenvalue weighted by molar-refractivity contribution is -0.122. The molecule has 3 heterocycles. The van der Waals surface area contributed by atoms with E-state index in [1.807, 2.05) is 31.3 Å². The van der Waals surface area contributed by atoms with Crippen LogP contribution in [0.25, 0.3) is 11.4 Å². The predicted octanol–water partition coefficient (Wildman–Crippen LogP) is 2.24. The average molecular weight is 348 g/mol. The molecule has 1 amide bonds. The van der Waals surface area contributed by atoms with Crippen molar-refractivity contribution in [3.8, 4) is 11.4 Å². The first-order chi connectivity index (χ1) is 12.7. The molecule has 3 aromatic heterocycles. The van der Waals surface area contributed by atoms with Gasteiger partial charge in [0.1, 0.15) is 6.54 Å². The normalized spacial score (nSPS) is 16.1. The van der Waals surface area contributed by atoms with Crippen LogP contribution in [-0.4, -0.2) is 30.6 Å². The number of hydrogen-bond donors (Lipinski definition) is 1. The Hall–Kier alpha value is -3.09. The minimum atomic E-state index is -0.0509. The van der Waals surface area contributed by atoms with Gasteiger partial charge >= 0.3 is 0 Å². The highest BCUT2D eigenvalue weighted by molar-refractivity contribution is 5.76. The van der Waals surface area contributed by atoms with E-state index in [9.17, 15) is 4.79 Å². The molecule has 26 heavy (non-hydrogen) atoms. The molecule has 0 radical (unpaired) electrons. The van der Waals surface area contributed by atoms with Crippen LogP contribution >= 0.6 is 0 Å². The highest BCUT2D eigenvalue weighted by atomic mass is 16.2. The van der Waals surface area contributed by atoms with Crippen molar-refractivity contribution in [2.24, 2.45) is 0 Å². The monoisotopic (exact) mass is 348 g/mol. The van der Waals surface area contributed by atoms with Gasteiger partial charge in [0.05, 0.1) is 6.04 Å². The lowest BCUT2D eigenvalue weighted by Gasteiger charge is -2.25. The number of nitrogens with one attached hydrogen (secondary N) is 1. The molecule has 1 unspecified atom stereocenters. The second-order valence-electron chi connectivity index (χ2n) is 6.48. The smallest absolute Gasteiger partial charge is 0.242 e. The Labute approximate surface area is 151 Å². The Morgan fingerprint density at radius 3 is 3.00 bits per heavy atom. The van der Waals surface area contributed by atoms with Gasteiger partial charge in [-0.25, -0.2) is 9.97 Å². The van der Waals surface area contributed by atoms with Gasteiger partial charge in [0.25, 0.3) is 0 Å². The molecule has 0 bridgehead atoms. The summed E-state index contributed by atoms with van der Waals surface area (Å²) in [6.45, 7) is 2.16. The van der Waals surface area contributed by atoms with Crippen LogP contribution in [0.5, 0.6) is 0 Å². The molecule has 1 aliphatic rings. The second kappa shape index (κ2) is 7.03. The lowest BCUT2D eigenvalue weighted by Crippen LogP contribution is -2.34. The number of hydrogen-bond acceptors (Lipinski definition) is 5. The Morgan fingerprint density at radius 1 is 1.31 bits per heavy atom. The number of pyridine rings is 1. The third-order valence-corrected chi connectivity index (χ3v) is 4.66. The second-order valence-corrected chi connectivity index (χ2v) is 6.48. The Balaban J connectivity index is 1.52. The molecule has 132 valence electrons. The lowest BCUT2D eigenvalue weighted by atomic mass is 9.92. The number of aromatic nitrogens is 5. The van der Waals surface area contributed by atoms with E-state index in [0.717, 1.165) is 41.8 Å². The molecule has 0 spiro atoms. The van der Waals surface area contributed by atoms with E-state index in [-0.39, 0.29) is 18.5 Å². The van der Waals surface area contributed by atoms with Gasteiger partial charge < -0.3 is 5.32 Å². The van der Waals surface area contributed by atoms with Crippen molar-refractivity contribution in [1.82, 2.24) is 30.0 Å². The van der Waals surface area contributed by atoms with Crippen molar-refractivity contribution in [3.05, 3.63) is 59.9 Å². The fourth-order valence-electron chi connectivity index (χ4n) is 3.27. The highest BCUT2D eigenvalue weighted by Crippen LogP contribution is 2.29. The summed E-state index contributed by atoms with van der Waals surface area (Å²) in [5, 5.41) is 7.27. The summed E-state index contributed by atoms with van der Waals surface area (Å²) in [6, 6.07) is 5.66. The SMILES string of the molecule is Cc1ccnn1CC(=O)NC1CCCc2nc(-c3cccnc3)ncc21. The molecule has 0 aliphatic heterocycles. The van der Waals surface area contributed by atoms with Gasteiger partial charge in [0.15, 0.2) is 5.82 Å². The van der Waals surface area contributed by atoms with E-state index in [0.29, 0.717) is 5.82 Å². The van der Waals surface area contributed by atoms with Crippen molar-refractivity contribution in [1.29, 1.82) is 0 Å². The Morgan fingerprint density at radius 2 is 2.23 bits per heavy atom. The fraction of sp³-hybridized carbons (Fsp3) is 0.316. The molecule has 4 rings (SSSR count). The van der Waals surface area contributed by atoms with Gasteiger partial charge in [-0.2, -0.15) is 5.10 Å². The van der Waals surface area contributed by atoms with Crippen molar-refractivity contribution in [3.63, 3.8) is 0 Å². The molecular formula is C19H20N6O. The zero-order valence-electron chi connectivity index (χ0n) is 14.6. The molecule has 0 saturated carbocycles. The molecule has 0 aromatic carbocycles. The summed E-state index contributed by atoms with van der Waals surface area (Å²) in [5.74, 6) is 0.627. The number of nitrogens with zero attached hydrogens (tertiary/aromatic N) is 5. The highest BCUT2D eigenvalue weighted by Gasteiger charge is 2.24. The average Bonchev–Trinajstić information content (AvgIpc) is 3.07. The van der Waals surface area contributed by atoms with Gasteiger partial charge in [-0.3, -0.25) is 14.5 Å². The Bertz CT molecular complexity index is 921. The fourth-order valence-corrected chi connectivity index (χ4v) is 3.27. The zero-order valence-corrected chi connectivity index (χ0v) is 14.6. The third kappa shape index (κ3) is 3.33. The minimum absolute atomic E-state index is 0.0500. The molecule has 3 aromatic rings. The van der Waals surface area contributed by atoms with E-state index >= 15 is 0 Å². The first kappa shape index (κ1) is 16.4. The van der Waals surface area contributed by atoms with Crippen LogP contribution < -0.4 is 5.32 Å². The summed E-state index contributed by atoms with van der Waals surface area (Å²) in [7, 11) is 0. The maximum atomic E-state index is 12.4. The molecule has 0 fully saturated rings. The summed E-state index contributed by atoms with van der Waals surface area (Å²) in [4.78, 5) is 25.7. The first-order valence-electron chi connectivity index (χ1n) is 8.74. The first-order valence-corrected chi connectivity index (χ1v) is 8.74. The van der Waals surface area contributed by atoms with Crippen molar-refractivity contribution in [2.75, 3.05) is 0 Å². The van der Waals surface area contributed by atoms with E-state index in [1.54, 1.807) is 23.3 Å². The number of carbonyl (C=O) groups excluding carboxylic acids is 1. The molecule has 0 saturated heterocycles. The van der Waals surface area contributed by atoms with Crippen LogP contribution in [0, 0.1) is 6.92 Å². The van der Waals surface area contributed by atoms with E-state index in [1.165, 1.54) is 0 Å². The van der Waals surface area contributed by atoms with Crippen LogP contribution in [0.4, 0.5) is 0 Å². The summed E-state index contributed by atoms with van der Waals surface area (Å²) >= 11 is 0.